The Kier molecular flexibility index (Phi) is 5.61. The molecule has 0 aliphatic rings. The van der Waals surface area contributed by atoms with Crippen LogP contribution in [-0.2, 0) is 0 Å². The maximum absolute atomic E-state index is 14.4. The van der Waals surface area contributed by atoms with Crippen LogP contribution in [0.2, 0.25) is 0 Å². The third kappa shape index (κ3) is 3.90. The molecule has 1 aromatic heterocycles. The topological polar surface area (TPSA) is 90.6 Å². The lowest BCUT2D eigenvalue weighted by atomic mass is 10.1. The van der Waals surface area contributed by atoms with Crippen LogP contribution in [0.15, 0.2) is 34.7 Å². The maximum Gasteiger partial charge on any atom is 0.315 e. The van der Waals surface area contributed by atoms with Crippen molar-refractivity contribution in [3.8, 4) is 11.5 Å². The predicted octanol–water partition coefficient (Wildman–Crippen LogP) is 3.16. The monoisotopic (exact) mass is 476 g/mol. The molecule has 0 aliphatic heterocycles. The van der Waals surface area contributed by atoms with Gasteiger partial charge in [0.1, 0.15) is 5.82 Å². The zero-order valence-corrected chi connectivity index (χ0v) is 15.5. The third-order valence-electron chi connectivity index (χ3n) is 3.39. The minimum atomic E-state index is -1.18. The summed E-state index contributed by atoms with van der Waals surface area (Å²) in [7, 11) is 0. The fourth-order valence-electron chi connectivity index (χ4n) is 2.18. The molecule has 3 rings (SSSR count). The first-order chi connectivity index (χ1) is 12.5. The number of quaternary nitrogens is 1. The summed E-state index contributed by atoms with van der Waals surface area (Å²) in [6, 6.07) is 6.68. The number of aromatic nitrogens is 2. The van der Waals surface area contributed by atoms with E-state index in [2.05, 4.69) is 26.6 Å². The fraction of sp³-hybridized carbons (Fsp3) is 0.125. The van der Waals surface area contributed by atoms with E-state index in [1.165, 1.54) is 18.2 Å². The highest BCUT2D eigenvalue weighted by molar-refractivity contribution is 14.1. The normalized spacial score (nSPS) is 10.8. The SMILES string of the molecule is [NH3+]CCNc1nnc(-c2ccc(F)c(F)c2Nc2ccc(I)cc2F)o1. The lowest BCUT2D eigenvalue weighted by Gasteiger charge is -2.12. The molecule has 1 heterocycles. The van der Waals surface area contributed by atoms with Crippen molar-refractivity contribution in [2.75, 3.05) is 23.7 Å². The van der Waals surface area contributed by atoms with Crippen LogP contribution in [0.3, 0.4) is 0 Å². The number of rotatable bonds is 6. The number of hydrogen-bond donors (Lipinski definition) is 3. The number of anilines is 3. The summed E-state index contributed by atoms with van der Waals surface area (Å²) in [5.41, 5.74) is 3.48. The summed E-state index contributed by atoms with van der Waals surface area (Å²) in [6.45, 7) is 1.11. The fourth-order valence-corrected chi connectivity index (χ4v) is 2.63. The Bertz CT molecular complexity index is 934. The van der Waals surface area contributed by atoms with Crippen LogP contribution in [0.4, 0.5) is 30.6 Å². The highest BCUT2D eigenvalue weighted by atomic mass is 127. The van der Waals surface area contributed by atoms with Crippen molar-refractivity contribution in [2.45, 2.75) is 0 Å². The van der Waals surface area contributed by atoms with Crippen molar-refractivity contribution >= 4 is 40.0 Å². The maximum atomic E-state index is 14.4. The summed E-state index contributed by atoms with van der Waals surface area (Å²) in [5.74, 6) is -2.90. The molecular weight excluding hydrogens is 462 g/mol. The number of halogens is 4. The Morgan fingerprint density at radius 2 is 1.88 bits per heavy atom. The summed E-state index contributed by atoms with van der Waals surface area (Å²) >= 11 is 1.95. The van der Waals surface area contributed by atoms with Gasteiger partial charge in [0.05, 0.1) is 30.0 Å². The van der Waals surface area contributed by atoms with Gasteiger partial charge in [-0.15, -0.1) is 5.10 Å². The molecule has 0 bridgehead atoms. The zero-order valence-electron chi connectivity index (χ0n) is 13.3. The van der Waals surface area contributed by atoms with Gasteiger partial charge in [0.15, 0.2) is 11.6 Å². The van der Waals surface area contributed by atoms with Crippen LogP contribution < -0.4 is 16.4 Å². The molecular formula is C16H14F3IN5O+. The van der Waals surface area contributed by atoms with Gasteiger partial charge in [-0.2, -0.15) is 0 Å². The molecule has 0 saturated heterocycles. The van der Waals surface area contributed by atoms with E-state index in [0.29, 0.717) is 16.7 Å². The number of nitrogens with zero attached hydrogens (tertiary/aromatic N) is 2. The number of benzene rings is 2. The lowest BCUT2D eigenvalue weighted by Crippen LogP contribution is -2.53. The first kappa shape index (κ1) is 18.5. The van der Waals surface area contributed by atoms with Crippen LogP contribution in [0.5, 0.6) is 0 Å². The van der Waals surface area contributed by atoms with Crippen molar-refractivity contribution in [3.63, 3.8) is 0 Å². The van der Waals surface area contributed by atoms with E-state index in [1.807, 2.05) is 22.6 Å². The van der Waals surface area contributed by atoms with E-state index >= 15 is 0 Å². The average molecular weight is 476 g/mol. The quantitative estimate of drug-likeness (QED) is 0.476. The summed E-state index contributed by atoms with van der Waals surface area (Å²) in [4.78, 5) is 0. The molecule has 5 N–H and O–H groups in total. The molecule has 0 aliphatic carbocycles. The molecule has 0 spiro atoms. The second-order valence-electron chi connectivity index (χ2n) is 5.23. The van der Waals surface area contributed by atoms with E-state index in [1.54, 1.807) is 6.07 Å². The van der Waals surface area contributed by atoms with Gasteiger partial charge in [-0.25, -0.2) is 13.2 Å². The van der Waals surface area contributed by atoms with Gasteiger partial charge in [0.25, 0.3) is 5.89 Å². The molecule has 0 saturated carbocycles. The summed E-state index contributed by atoms with van der Waals surface area (Å²) in [5, 5.41) is 13.0. The van der Waals surface area contributed by atoms with Gasteiger partial charge in [0.2, 0.25) is 0 Å². The summed E-state index contributed by atoms with van der Waals surface area (Å²) < 4.78 is 48.3. The van der Waals surface area contributed by atoms with Crippen molar-refractivity contribution in [3.05, 3.63) is 51.4 Å². The van der Waals surface area contributed by atoms with Gasteiger partial charge < -0.3 is 20.8 Å². The van der Waals surface area contributed by atoms with E-state index in [0.717, 1.165) is 6.07 Å². The van der Waals surface area contributed by atoms with Gasteiger partial charge >= 0.3 is 6.01 Å². The standard InChI is InChI=1S/C16H13F3IN5O/c17-10-3-2-9(15-24-25-16(26-15)22-6-5-21)14(13(10)19)23-12-4-1-8(20)7-11(12)18/h1-4,7,23H,5-6,21H2,(H,22,25)/p+1. The Hall–Kier alpha value is -2.34. The van der Waals surface area contributed by atoms with Crippen molar-refractivity contribution in [1.82, 2.24) is 10.2 Å². The smallest absolute Gasteiger partial charge is 0.315 e. The largest absolute Gasteiger partial charge is 0.403 e. The molecule has 10 heteroatoms. The predicted molar refractivity (Wildman–Crippen MR) is 98.3 cm³/mol. The van der Waals surface area contributed by atoms with E-state index in [9.17, 15) is 13.2 Å². The second kappa shape index (κ2) is 7.91. The molecule has 3 aromatic rings. The minimum Gasteiger partial charge on any atom is -0.403 e. The Labute approximate surface area is 160 Å². The van der Waals surface area contributed by atoms with Crippen LogP contribution in [-0.4, -0.2) is 23.3 Å². The molecule has 26 heavy (non-hydrogen) atoms. The molecule has 0 fully saturated rings. The third-order valence-corrected chi connectivity index (χ3v) is 4.07. The molecule has 6 nitrogen and oxygen atoms in total. The van der Waals surface area contributed by atoms with Crippen molar-refractivity contribution < 1.29 is 23.3 Å². The van der Waals surface area contributed by atoms with Gasteiger partial charge in [-0.05, 0) is 52.9 Å². The Balaban J connectivity index is 2.01. The van der Waals surface area contributed by atoms with Gasteiger partial charge in [-0.3, -0.25) is 0 Å². The van der Waals surface area contributed by atoms with Crippen LogP contribution in [0.1, 0.15) is 0 Å². The number of hydrogen-bond acceptors (Lipinski definition) is 5. The molecule has 2 aromatic carbocycles. The van der Waals surface area contributed by atoms with Crippen LogP contribution in [0, 0.1) is 21.0 Å². The molecule has 0 radical (unpaired) electrons. The summed E-state index contributed by atoms with van der Waals surface area (Å²) in [6.07, 6.45) is 0. The highest BCUT2D eigenvalue weighted by Gasteiger charge is 2.20. The molecule has 136 valence electrons. The molecule has 0 atom stereocenters. The second-order valence-corrected chi connectivity index (χ2v) is 6.47. The molecule has 0 amide bonds. The van der Waals surface area contributed by atoms with Crippen molar-refractivity contribution in [2.24, 2.45) is 0 Å². The Morgan fingerprint density at radius 1 is 1.08 bits per heavy atom. The van der Waals surface area contributed by atoms with E-state index in [4.69, 9.17) is 4.42 Å². The molecule has 0 unspecified atom stereocenters. The van der Waals surface area contributed by atoms with Crippen LogP contribution >= 0.6 is 22.6 Å². The van der Waals surface area contributed by atoms with Crippen LogP contribution in [0.25, 0.3) is 11.5 Å². The first-order valence-electron chi connectivity index (χ1n) is 7.56. The zero-order chi connectivity index (χ0) is 18.7. The van der Waals surface area contributed by atoms with E-state index in [-0.39, 0.29) is 28.8 Å². The highest BCUT2D eigenvalue weighted by Crippen LogP contribution is 2.34. The minimum absolute atomic E-state index is 0.00825. The average Bonchev–Trinajstić information content (AvgIpc) is 3.08. The Morgan fingerprint density at radius 3 is 2.62 bits per heavy atom. The first-order valence-corrected chi connectivity index (χ1v) is 8.64. The van der Waals surface area contributed by atoms with Crippen molar-refractivity contribution in [1.29, 1.82) is 0 Å². The van der Waals surface area contributed by atoms with E-state index < -0.39 is 17.5 Å². The van der Waals surface area contributed by atoms with Gasteiger partial charge in [0, 0.05) is 3.57 Å². The lowest BCUT2D eigenvalue weighted by molar-refractivity contribution is -0.362. The van der Waals surface area contributed by atoms with Gasteiger partial charge in [-0.1, -0.05) is 5.10 Å². The number of nitrogens with one attached hydrogen (secondary N) is 2.